The van der Waals surface area contributed by atoms with Crippen molar-refractivity contribution in [1.82, 2.24) is 10.2 Å². The molecule has 0 heterocycles. The van der Waals surface area contributed by atoms with Gasteiger partial charge in [0.1, 0.15) is 0 Å². The fraction of sp³-hybridized carbons (Fsp3) is 0.462. The molecule has 1 aromatic rings. The third-order valence-corrected chi connectivity index (χ3v) is 2.98. The van der Waals surface area contributed by atoms with E-state index in [0.29, 0.717) is 18.7 Å². The van der Waals surface area contributed by atoms with Gasteiger partial charge in [0, 0.05) is 31.8 Å². The summed E-state index contributed by atoms with van der Waals surface area (Å²) in [7, 11) is 1.74. The molecule has 0 aliphatic rings. The molecule has 0 aromatic heterocycles. The number of carbonyl (C=O) groups excluding carboxylic acids is 1. The van der Waals surface area contributed by atoms with Gasteiger partial charge in [0.25, 0.3) is 5.69 Å². The van der Waals surface area contributed by atoms with E-state index in [1.807, 2.05) is 13.0 Å². The number of nitro groups is 1. The van der Waals surface area contributed by atoms with Crippen molar-refractivity contribution < 1.29 is 9.72 Å². The van der Waals surface area contributed by atoms with Crippen molar-refractivity contribution in [2.75, 3.05) is 20.1 Å². The number of aryl methyl sites for hydroxylation is 1. The number of benzene rings is 1. The molecule has 0 fully saturated rings. The van der Waals surface area contributed by atoms with Crippen molar-refractivity contribution in [3.63, 3.8) is 0 Å². The Balaban J connectivity index is 2.57. The van der Waals surface area contributed by atoms with Crippen LogP contribution in [0.3, 0.4) is 0 Å². The van der Waals surface area contributed by atoms with Crippen LogP contribution in [0, 0.1) is 17.0 Å². The number of carbonyl (C=O) groups is 1. The van der Waals surface area contributed by atoms with Gasteiger partial charge in [-0.1, -0.05) is 12.1 Å². The fourth-order valence-electron chi connectivity index (χ4n) is 1.59. The molecular weight excluding hydrogens is 246 g/mol. The summed E-state index contributed by atoms with van der Waals surface area (Å²) in [4.78, 5) is 23.6. The molecule has 0 saturated carbocycles. The van der Waals surface area contributed by atoms with E-state index < -0.39 is 4.92 Å². The van der Waals surface area contributed by atoms with Crippen molar-refractivity contribution in [3.05, 3.63) is 39.4 Å². The number of hydrogen-bond donors (Lipinski definition) is 1. The van der Waals surface area contributed by atoms with Crippen LogP contribution in [0.15, 0.2) is 18.2 Å². The molecule has 1 N–H and O–H groups in total. The van der Waals surface area contributed by atoms with Crippen LogP contribution in [0.5, 0.6) is 0 Å². The minimum atomic E-state index is -0.394. The molecule has 0 aliphatic heterocycles. The van der Waals surface area contributed by atoms with Crippen molar-refractivity contribution in [3.8, 4) is 0 Å². The molecule has 104 valence electrons. The molecular formula is C13H19N3O3. The average molecular weight is 265 g/mol. The molecule has 1 amide bonds. The Morgan fingerprint density at radius 2 is 2.16 bits per heavy atom. The highest BCUT2D eigenvalue weighted by atomic mass is 16.6. The van der Waals surface area contributed by atoms with E-state index in [-0.39, 0.29) is 18.1 Å². The van der Waals surface area contributed by atoms with Gasteiger partial charge in [0.05, 0.1) is 11.5 Å². The van der Waals surface area contributed by atoms with Crippen LogP contribution in [0.1, 0.15) is 18.1 Å². The van der Waals surface area contributed by atoms with Gasteiger partial charge in [-0.05, 0) is 19.4 Å². The van der Waals surface area contributed by atoms with E-state index in [1.54, 1.807) is 24.9 Å². The van der Waals surface area contributed by atoms with Crippen LogP contribution in [0.4, 0.5) is 5.69 Å². The summed E-state index contributed by atoms with van der Waals surface area (Å²) < 4.78 is 0. The summed E-state index contributed by atoms with van der Waals surface area (Å²) in [6, 6.07) is 5.08. The minimum Gasteiger partial charge on any atom is -0.345 e. The van der Waals surface area contributed by atoms with E-state index in [2.05, 4.69) is 5.32 Å². The highest BCUT2D eigenvalue weighted by molar-refractivity contribution is 5.77. The number of nitro benzene ring substituents is 1. The predicted molar refractivity (Wildman–Crippen MR) is 72.9 cm³/mol. The predicted octanol–water partition coefficient (Wildman–Crippen LogP) is 1.47. The highest BCUT2D eigenvalue weighted by Gasteiger charge is 2.11. The van der Waals surface area contributed by atoms with E-state index in [0.717, 1.165) is 5.56 Å². The van der Waals surface area contributed by atoms with Gasteiger partial charge in [-0.2, -0.15) is 0 Å². The Labute approximate surface area is 112 Å². The normalized spacial score (nSPS) is 10.3. The van der Waals surface area contributed by atoms with Crippen LogP contribution < -0.4 is 5.32 Å². The zero-order chi connectivity index (χ0) is 14.4. The largest absolute Gasteiger partial charge is 0.345 e. The minimum absolute atomic E-state index is 0.00381. The summed E-state index contributed by atoms with van der Waals surface area (Å²) in [6.07, 6.45) is 0. The van der Waals surface area contributed by atoms with Gasteiger partial charge >= 0.3 is 0 Å². The summed E-state index contributed by atoms with van der Waals surface area (Å²) in [5.74, 6) is 0.00381. The Morgan fingerprint density at radius 1 is 1.47 bits per heavy atom. The monoisotopic (exact) mass is 265 g/mol. The smallest absolute Gasteiger partial charge is 0.272 e. The lowest BCUT2D eigenvalue weighted by atomic mass is 10.1. The molecule has 0 saturated heterocycles. The summed E-state index contributed by atoms with van der Waals surface area (Å²) >= 11 is 0. The Morgan fingerprint density at radius 3 is 2.74 bits per heavy atom. The van der Waals surface area contributed by atoms with Crippen molar-refractivity contribution in [1.29, 1.82) is 0 Å². The average Bonchev–Trinajstić information content (AvgIpc) is 2.39. The van der Waals surface area contributed by atoms with Crippen LogP contribution in [0.2, 0.25) is 0 Å². The molecule has 0 atom stereocenters. The van der Waals surface area contributed by atoms with Crippen LogP contribution in [-0.2, 0) is 11.3 Å². The summed E-state index contributed by atoms with van der Waals surface area (Å²) in [5, 5.41) is 13.8. The van der Waals surface area contributed by atoms with E-state index in [9.17, 15) is 14.9 Å². The molecule has 0 bridgehead atoms. The van der Waals surface area contributed by atoms with Crippen molar-refractivity contribution >= 4 is 11.6 Å². The van der Waals surface area contributed by atoms with E-state index >= 15 is 0 Å². The third-order valence-electron chi connectivity index (χ3n) is 2.98. The Hall–Kier alpha value is -1.95. The number of amides is 1. The van der Waals surface area contributed by atoms with Gasteiger partial charge in [0.15, 0.2) is 0 Å². The van der Waals surface area contributed by atoms with Crippen LogP contribution in [-0.4, -0.2) is 35.9 Å². The fourth-order valence-corrected chi connectivity index (χ4v) is 1.59. The second-order valence-corrected chi connectivity index (χ2v) is 4.39. The lowest BCUT2D eigenvalue weighted by Crippen LogP contribution is -2.35. The SMILES string of the molecule is CCN(C)C(=O)CNCc1ccc(C)c([N+](=O)[O-])c1. The van der Waals surface area contributed by atoms with Gasteiger partial charge in [-0.15, -0.1) is 0 Å². The van der Waals surface area contributed by atoms with Crippen molar-refractivity contribution in [2.24, 2.45) is 0 Å². The first-order valence-electron chi connectivity index (χ1n) is 6.14. The molecule has 0 unspecified atom stereocenters. The van der Waals surface area contributed by atoms with Crippen LogP contribution >= 0.6 is 0 Å². The molecule has 1 aromatic carbocycles. The standard InChI is InChI=1S/C13H19N3O3/c1-4-15(3)13(17)9-14-8-11-6-5-10(2)12(7-11)16(18)19/h5-7,14H,4,8-9H2,1-3H3. The summed E-state index contributed by atoms with van der Waals surface area (Å²) in [6.45, 7) is 4.93. The third kappa shape index (κ3) is 4.33. The zero-order valence-corrected chi connectivity index (χ0v) is 11.5. The zero-order valence-electron chi connectivity index (χ0n) is 11.5. The first-order valence-corrected chi connectivity index (χ1v) is 6.14. The molecule has 6 nitrogen and oxygen atoms in total. The Bertz CT molecular complexity index is 474. The topological polar surface area (TPSA) is 75.5 Å². The molecule has 0 spiro atoms. The maximum atomic E-state index is 11.5. The van der Waals surface area contributed by atoms with Gasteiger partial charge in [0.2, 0.25) is 5.91 Å². The molecule has 6 heteroatoms. The van der Waals surface area contributed by atoms with Crippen molar-refractivity contribution in [2.45, 2.75) is 20.4 Å². The maximum absolute atomic E-state index is 11.5. The number of rotatable bonds is 6. The van der Waals surface area contributed by atoms with E-state index in [4.69, 9.17) is 0 Å². The molecule has 0 aliphatic carbocycles. The quantitative estimate of drug-likeness (QED) is 0.624. The van der Waals surface area contributed by atoms with Crippen LogP contribution in [0.25, 0.3) is 0 Å². The Kier molecular flexibility index (Phi) is 5.44. The molecule has 1 rings (SSSR count). The summed E-state index contributed by atoms with van der Waals surface area (Å²) in [5.41, 5.74) is 1.54. The first-order chi connectivity index (χ1) is 8.95. The lowest BCUT2D eigenvalue weighted by molar-refractivity contribution is -0.385. The first kappa shape index (κ1) is 15.1. The highest BCUT2D eigenvalue weighted by Crippen LogP contribution is 2.18. The van der Waals surface area contributed by atoms with E-state index in [1.165, 1.54) is 6.07 Å². The van der Waals surface area contributed by atoms with Gasteiger partial charge < -0.3 is 10.2 Å². The second kappa shape index (κ2) is 6.84. The number of hydrogen-bond acceptors (Lipinski definition) is 4. The molecule has 19 heavy (non-hydrogen) atoms. The number of nitrogens with one attached hydrogen (secondary N) is 1. The maximum Gasteiger partial charge on any atom is 0.272 e. The second-order valence-electron chi connectivity index (χ2n) is 4.39. The van der Waals surface area contributed by atoms with Gasteiger partial charge in [-0.3, -0.25) is 14.9 Å². The number of nitrogens with zero attached hydrogens (tertiary/aromatic N) is 2. The molecule has 0 radical (unpaired) electrons. The number of likely N-dealkylation sites (N-methyl/N-ethyl adjacent to an activating group) is 1. The lowest BCUT2D eigenvalue weighted by Gasteiger charge is -2.14. The van der Waals surface area contributed by atoms with Gasteiger partial charge in [-0.25, -0.2) is 0 Å².